The van der Waals surface area contributed by atoms with Crippen LogP contribution in [0.5, 0.6) is 17.4 Å². The highest BCUT2D eigenvalue weighted by Gasteiger charge is 2.32. The maximum atomic E-state index is 13.3. The van der Waals surface area contributed by atoms with Crippen LogP contribution in [0, 0.1) is 6.92 Å². The molecule has 5 rings (SSSR count). The van der Waals surface area contributed by atoms with E-state index in [-0.39, 0.29) is 31.1 Å². The van der Waals surface area contributed by atoms with E-state index in [0.717, 1.165) is 11.3 Å². The van der Waals surface area contributed by atoms with E-state index in [1.165, 1.54) is 23.6 Å². The minimum atomic E-state index is -0.682. The van der Waals surface area contributed by atoms with Gasteiger partial charge in [-0.1, -0.05) is 48.0 Å². The van der Waals surface area contributed by atoms with Crippen LogP contribution in [0.4, 0.5) is 5.69 Å². The number of anilines is 1. The normalized spacial score (nSPS) is 15.7. The number of methoxy groups -OCH3 is 1. The molecule has 0 bridgehead atoms. The lowest BCUT2D eigenvalue weighted by atomic mass is 10.2. The standard InChI is InChI=1S/C34H39N5O7/c1-25-8-10-26(11-9-25)23-43-16-14-38(15-17-44-28-6-4-3-5-7-28)33(40)22-39-21-27(20-36-39)37-34(41)31-18-30(24-45-31)46-29-12-13-35-32(19-29)42-2/h3-13,19-21,30-31H,14-18,22-24H2,1-2H3,(H,37,41)/t30-,31+/m0/s1. The summed E-state index contributed by atoms with van der Waals surface area (Å²) in [7, 11) is 1.53. The minimum Gasteiger partial charge on any atom is -0.492 e. The third-order valence-corrected chi connectivity index (χ3v) is 7.29. The first-order valence-corrected chi connectivity index (χ1v) is 15.2. The zero-order valence-electron chi connectivity index (χ0n) is 26.0. The van der Waals surface area contributed by atoms with Crippen LogP contribution in [0.2, 0.25) is 0 Å². The molecular formula is C34H39N5O7. The summed E-state index contributed by atoms with van der Waals surface area (Å²) in [6.07, 6.45) is 4.13. The predicted molar refractivity (Wildman–Crippen MR) is 170 cm³/mol. The van der Waals surface area contributed by atoms with E-state index in [9.17, 15) is 9.59 Å². The van der Waals surface area contributed by atoms with E-state index < -0.39 is 6.10 Å². The molecule has 0 spiro atoms. The smallest absolute Gasteiger partial charge is 0.253 e. The van der Waals surface area contributed by atoms with Gasteiger partial charge in [0.15, 0.2) is 0 Å². The Morgan fingerprint density at radius 2 is 1.85 bits per heavy atom. The number of rotatable bonds is 16. The molecule has 3 heterocycles. The Morgan fingerprint density at radius 3 is 2.65 bits per heavy atom. The number of pyridine rings is 1. The molecule has 1 N–H and O–H groups in total. The molecule has 1 aliphatic heterocycles. The highest BCUT2D eigenvalue weighted by Crippen LogP contribution is 2.23. The summed E-state index contributed by atoms with van der Waals surface area (Å²) >= 11 is 0. The summed E-state index contributed by atoms with van der Waals surface area (Å²) in [5, 5.41) is 7.11. The molecule has 1 fully saturated rings. The van der Waals surface area contributed by atoms with Crippen molar-refractivity contribution in [2.24, 2.45) is 0 Å². The topological polar surface area (TPSA) is 126 Å². The zero-order chi connectivity index (χ0) is 32.1. The fourth-order valence-corrected chi connectivity index (χ4v) is 4.81. The van der Waals surface area contributed by atoms with Crippen molar-refractivity contribution in [3.8, 4) is 17.4 Å². The largest absolute Gasteiger partial charge is 0.492 e. The molecule has 2 aromatic carbocycles. The van der Waals surface area contributed by atoms with Gasteiger partial charge in [-0.15, -0.1) is 0 Å². The van der Waals surface area contributed by atoms with Crippen molar-refractivity contribution in [2.75, 3.05) is 45.3 Å². The Bertz CT molecular complexity index is 1550. The molecule has 0 radical (unpaired) electrons. The van der Waals surface area contributed by atoms with E-state index in [0.29, 0.717) is 56.6 Å². The quantitative estimate of drug-likeness (QED) is 0.184. The van der Waals surface area contributed by atoms with Gasteiger partial charge in [-0.3, -0.25) is 14.3 Å². The second-order valence-corrected chi connectivity index (χ2v) is 10.8. The Morgan fingerprint density at radius 1 is 1.04 bits per heavy atom. The SMILES string of the molecule is COc1cc(O[C@@H]2CO[C@@H](C(=O)Nc3cnn(CC(=O)N(CCOCc4ccc(C)cc4)CCOc4ccccc4)c3)C2)ccn1. The van der Waals surface area contributed by atoms with Crippen LogP contribution in [-0.4, -0.2) is 83.7 Å². The van der Waals surface area contributed by atoms with E-state index >= 15 is 0 Å². The van der Waals surface area contributed by atoms with E-state index in [2.05, 4.69) is 15.4 Å². The molecule has 2 amide bonds. The Balaban J connectivity index is 1.10. The Labute approximate surface area is 268 Å². The van der Waals surface area contributed by atoms with Crippen LogP contribution in [0.1, 0.15) is 17.5 Å². The van der Waals surface area contributed by atoms with E-state index in [4.69, 9.17) is 23.7 Å². The number of carbonyl (C=O) groups excluding carboxylic acids is 2. The van der Waals surface area contributed by atoms with Crippen LogP contribution in [-0.2, 0) is 32.2 Å². The zero-order valence-corrected chi connectivity index (χ0v) is 26.0. The van der Waals surface area contributed by atoms with Gasteiger partial charge < -0.3 is 33.9 Å². The average Bonchev–Trinajstić information content (AvgIpc) is 3.73. The molecule has 46 heavy (non-hydrogen) atoms. The Kier molecular flexibility index (Phi) is 11.6. The highest BCUT2D eigenvalue weighted by molar-refractivity contribution is 5.94. The highest BCUT2D eigenvalue weighted by atomic mass is 16.6. The summed E-state index contributed by atoms with van der Waals surface area (Å²) in [4.78, 5) is 32.0. The van der Waals surface area contributed by atoms with Gasteiger partial charge in [-0.2, -0.15) is 5.10 Å². The van der Waals surface area contributed by atoms with Gasteiger partial charge in [0.25, 0.3) is 5.91 Å². The number of carbonyl (C=O) groups is 2. The lowest BCUT2D eigenvalue weighted by molar-refractivity contribution is -0.133. The number of nitrogens with zero attached hydrogens (tertiary/aromatic N) is 4. The number of amides is 2. The third kappa shape index (κ3) is 9.78. The first-order valence-electron chi connectivity index (χ1n) is 15.2. The number of hydrogen-bond acceptors (Lipinski definition) is 9. The second-order valence-electron chi connectivity index (χ2n) is 10.8. The van der Waals surface area contributed by atoms with E-state index in [1.807, 2.05) is 61.5 Å². The molecule has 2 atom stereocenters. The fourth-order valence-electron chi connectivity index (χ4n) is 4.81. The summed E-state index contributed by atoms with van der Waals surface area (Å²) in [5.41, 5.74) is 2.72. The molecule has 1 saturated heterocycles. The third-order valence-electron chi connectivity index (χ3n) is 7.29. The van der Waals surface area contributed by atoms with Gasteiger partial charge in [-0.25, -0.2) is 4.98 Å². The number of benzene rings is 2. The van der Waals surface area contributed by atoms with Gasteiger partial charge >= 0.3 is 0 Å². The van der Waals surface area contributed by atoms with Crippen molar-refractivity contribution in [1.29, 1.82) is 0 Å². The molecule has 0 unspecified atom stereocenters. The van der Waals surface area contributed by atoms with Gasteiger partial charge in [0.05, 0.1) is 45.4 Å². The molecule has 12 heteroatoms. The molecule has 0 saturated carbocycles. The lowest BCUT2D eigenvalue weighted by Crippen LogP contribution is -2.39. The summed E-state index contributed by atoms with van der Waals surface area (Å²) in [6, 6.07) is 21.0. The van der Waals surface area contributed by atoms with Crippen LogP contribution in [0.25, 0.3) is 0 Å². The first kappa shape index (κ1) is 32.5. The molecular weight excluding hydrogens is 590 g/mol. The van der Waals surface area contributed by atoms with Crippen LogP contribution in [0.15, 0.2) is 85.3 Å². The van der Waals surface area contributed by atoms with Crippen molar-refractivity contribution < 1.29 is 33.3 Å². The van der Waals surface area contributed by atoms with Gasteiger partial charge in [0.1, 0.15) is 36.9 Å². The van der Waals surface area contributed by atoms with Gasteiger partial charge in [-0.05, 0) is 30.7 Å². The van der Waals surface area contributed by atoms with Crippen LogP contribution in [0.3, 0.4) is 0 Å². The monoisotopic (exact) mass is 629 g/mol. The van der Waals surface area contributed by atoms with Crippen molar-refractivity contribution in [3.05, 3.63) is 96.4 Å². The maximum Gasteiger partial charge on any atom is 0.253 e. The molecule has 242 valence electrons. The summed E-state index contributed by atoms with van der Waals surface area (Å²) < 4.78 is 29.9. The first-order chi connectivity index (χ1) is 22.4. The molecule has 12 nitrogen and oxygen atoms in total. The van der Waals surface area contributed by atoms with Gasteiger partial charge in [0, 0.05) is 31.4 Å². The molecule has 4 aromatic rings. The molecule has 2 aromatic heterocycles. The lowest BCUT2D eigenvalue weighted by Gasteiger charge is -2.23. The van der Waals surface area contributed by atoms with E-state index in [1.54, 1.807) is 29.4 Å². The maximum absolute atomic E-state index is 13.3. The number of ether oxygens (including phenoxy) is 5. The van der Waals surface area contributed by atoms with Crippen molar-refractivity contribution in [2.45, 2.75) is 38.7 Å². The molecule has 0 aliphatic carbocycles. The number of nitrogens with one attached hydrogen (secondary N) is 1. The van der Waals surface area contributed by atoms with Crippen molar-refractivity contribution >= 4 is 17.5 Å². The second kappa shape index (κ2) is 16.4. The summed E-state index contributed by atoms with van der Waals surface area (Å²) in [5.74, 6) is 1.31. The van der Waals surface area contributed by atoms with Crippen molar-refractivity contribution in [3.63, 3.8) is 0 Å². The number of aryl methyl sites for hydroxylation is 1. The number of hydrogen-bond donors (Lipinski definition) is 1. The predicted octanol–water partition coefficient (Wildman–Crippen LogP) is 3.89. The van der Waals surface area contributed by atoms with Crippen LogP contribution < -0.4 is 19.5 Å². The Hall–Kier alpha value is -4.94. The fraction of sp³-hybridized carbons (Fsp3) is 0.353. The molecule has 1 aliphatic rings. The van der Waals surface area contributed by atoms with Crippen molar-refractivity contribution in [1.82, 2.24) is 19.7 Å². The van der Waals surface area contributed by atoms with Crippen LogP contribution >= 0.6 is 0 Å². The summed E-state index contributed by atoms with van der Waals surface area (Å²) in [6.45, 7) is 4.23. The number of para-hydroxylation sites is 1. The van der Waals surface area contributed by atoms with Gasteiger partial charge in [0.2, 0.25) is 11.8 Å². The minimum absolute atomic E-state index is 0.00952. The average molecular weight is 630 g/mol. The number of aromatic nitrogens is 3.